The molecule has 0 saturated heterocycles. The van der Waals surface area contributed by atoms with Crippen LogP contribution in [-0.4, -0.2) is 29.1 Å². The Labute approximate surface area is 132 Å². The highest BCUT2D eigenvalue weighted by molar-refractivity contribution is 6.17. The van der Waals surface area contributed by atoms with E-state index in [0.717, 1.165) is 37.3 Å². The first kappa shape index (κ1) is 16.3. The third-order valence-corrected chi connectivity index (χ3v) is 4.12. The van der Waals surface area contributed by atoms with Crippen molar-refractivity contribution < 1.29 is 4.74 Å². The molecule has 21 heavy (non-hydrogen) atoms. The lowest BCUT2D eigenvalue weighted by atomic mass is 9.89. The second kappa shape index (κ2) is 6.80. The van der Waals surface area contributed by atoms with E-state index in [9.17, 15) is 0 Å². The highest BCUT2D eigenvalue weighted by Crippen LogP contribution is 2.28. The molecule has 2 aromatic rings. The number of halogens is 1. The predicted molar refractivity (Wildman–Crippen MR) is 89.2 cm³/mol. The summed E-state index contributed by atoms with van der Waals surface area (Å²) in [5, 5.41) is 0. The summed E-state index contributed by atoms with van der Waals surface area (Å²) >= 11 is 5.96. The van der Waals surface area contributed by atoms with Gasteiger partial charge in [-0.05, 0) is 30.4 Å². The smallest absolute Gasteiger partial charge is 0.111 e. The topological polar surface area (TPSA) is 27.1 Å². The van der Waals surface area contributed by atoms with Crippen molar-refractivity contribution in [3.05, 3.63) is 29.6 Å². The van der Waals surface area contributed by atoms with Gasteiger partial charge < -0.3 is 9.30 Å². The minimum Gasteiger partial charge on any atom is -0.385 e. The van der Waals surface area contributed by atoms with Crippen LogP contribution in [0, 0.1) is 12.3 Å². The molecule has 0 N–H and O–H groups in total. The fraction of sp³-hybridized carbons (Fsp3) is 0.588. The first-order valence-electron chi connectivity index (χ1n) is 7.48. The first-order chi connectivity index (χ1) is 9.98. The maximum atomic E-state index is 5.96. The van der Waals surface area contributed by atoms with Gasteiger partial charge in [-0.1, -0.05) is 26.0 Å². The molecular formula is C17H25ClN2O. The van der Waals surface area contributed by atoms with Crippen molar-refractivity contribution in [1.82, 2.24) is 9.55 Å². The van der Waals surface area contributed by atoms with E-state index in [1.54, 1.807) is 7.11 Å². The molecular weight excluding hydrogens is 284 g/mol. The molecule has 0 amide bonds. The number of hydrogen-bond donors (Lipinski definition) is 0. The molecule has 0 aliphatic carbocycles. The Morgan fingerprint density at radius 3 is 2.76 bits per heavy atom. The number of rotatable bonds is 7. The largest absolute Gasteiger partial charge is 0.385 e. The number of alkyl halides is 1. The number of imidazole rings is 1. The molecule has 1 heterocycles. The molecule has 0 saturated carbocycles. The maximum Gasteiger partial charge on any atom is 0.111 e. The van der Waals surface area contributed by atoms with Gasteiger partial charge in [0.15, 0.2) is 0 Å². The van der Waals surface area contributed by atoms with E-state index in [-0.39, 0.29) is 5.41 Å². The van der Waals surface area contributed by atoms with Gasteiger partial charge in [-0.15, -0.1) is 11.6 Å². The number of aryl methyl sites for hydroxylation is 2. The lowest BCUT2D eigenvalue weighted by molar-refractivity contribution is 0.142. The van der Waals surface area contributed by atoms with Crippen LogP contribution in [0.2, 0.25) is 0 Å². The van der Waals surface area contributed by atoms with Crippen molar-refractivity contribution in [2.75, 3.05) is 19.6 Å². The molecule has 1 aromatic carbocycles. The number of benzene rings is 1. The standard InChI is InChI=1S/C17H25ClN2O/c1-13-6-5-7-14-16(13)20(15(19-14)8-10-18)12-17(2,3)9-11-21-4/h5-7H,8-12H2,1-4H3. The Bertz CT molecular complexity index is 604. The Balaban J connectivity index is 2.42. The molecule has 0 fully saturated rings. The van der Waals surface area contributed by atoms with Crippen molar-refractivity contribution in [3.63, 3.8) is 0 Å². The summed E-state index contributed by atoms with van der Waals surface area (Å²) in [6.45, 7) is 8.42. The highest BCUT2D eigenvalue weighted by atomic mass is 35.5. The number of methoxy groups -OCH3 is 1. The van der Waals surface area contributed by atoms with Crippen LogP contribution in [0.1, 0.15) is 31.7 Å². The molecule has 0 bridgehead atoms. The van der Waals surface area contributed by atoms with Crippen LogP contribution in [-0.2, 0) is 17.7 Å². The molecule has 116 valence electrons. The van der Waals surface area contributed by atoms with Crippen LogP contribution in [0.15, 0.2) is 18.2 Å². The van der Waals surface area contributed by atoms with E-state index >= 15 is 0 Å². The third-order valence-electron chi connectivity index (χ3n) is 3.93. The van der Waals surface area contributed by atoms with Gasteiger partial charge in [0.25, 0.3) is 0 Å². The van der Waals surface area contributed by atoms with Crippen LogP contribution >= 0.6 is 11.6 Å². The zero-order valence-electron chi connectivity index (χ0n) is 13.4. The van der Waals surface area contributed by atoms with E-state index in [1.165, 1.54) is 11.1 Å². The van der Waals surface area contributed by atoms with Crippen molar-refractivity contribution in [2.45, 2.75) is 40.2 Å². The zero-order chi connectivity index (χ0) is 15.5. The molecule has 0 atom stereocenters. The molecule has 0 radical (unpaired) electrons. The second-order valence-corrected chi connectivity index (χ2v) is 6.78. The minimum absolute atomic E-state index is 0.160. The molecule has 0 aliphatic rings. The Hall–Kier alpha value is -1.06. The van der Waals surface area contributed by atoms with E-state index in [4.69, 9.17) is 21.3 Å². The summed E-state index contributed by atoms with van der Waals surface area (Å²) in [4.78, 5) is 4.77. The Morgan fingerprint density at radius 2 is 2.10 bits per heavy atom. The van der Waals surface area contributed by atoms with Gasteiger partial charge in [-0.25, -0.2) is 4.98 Å². The van der Waals surface area contributed by atoms with Crippen molar-refractivity contribution in [3.8, 4) is 0 Å². The summed E-state index contributed by atoms with van der Waals surface area (Å²) in [7, 11) is 1.76. The fourth-order valence-electron chi connectivity index (χ4n) is 2.74. The summed E-state index contributed by atoms with van der Waals surface area (Å²) in [6, 6.07) is 6.29. The highest BCUT2D eigenvalue weighted by Gasteiger charge is 2.22. The maximum absolute atomic E-state index is 5.96. The van der Waals surface area contributed by atoms with Crippen molar-refractivity contribution in [2.24, 2.45) is 5.41 Å². The lowest BCUT2D eigenvalue weighted by Crippen LogP contribution is -2.23. The molecule has 0 unspecified atom stereocenters. The van der Waals surface area contributed by atoms with Gasteiger partial charge in [-0.3, -0.25) is 0 Å². The van der Waals surface area contributed by atoms with E-state index in [0.29, 0.717) is 5.88 Å². The third kappa shape index (κ3) is 3.78. The molecule has 3 nitrogen and oxygen atoms in total. The average Bonchev–Trinajstić information content (AvgIpc) is 2.76. The SMILES string of the molecule is COCCC(C)(C)Cn1c(CCCl)nc2cccc(C)c21. The van der Waals surface area contributed by atoms with Gasteiger partial charge in [0, 0.05) is 32.6 Å². The summed E-state index contributed by atoms with van der Waals surface area (Å²) in [5.74, 6) is 1.68. The number of fused-ring (bicyclic) bond motifs is 1. The van der Waals surface area contributed by atoms with Gasteiger partial charge in [-0.2, -0.15) is 0 Å². The van der Waals surface area contributed by atoms with Crippen LogP contribution in [0.5, 0.6) is 0 Å². The summed E-state index contributed by atoms with van der Waals surface area (Å²) in [5.41, 5.74) is 3.73. The summed E-state index contributed by atoms with van der Waals surface area (Å²) in [6.07, 6.45) is 1.82. The van der Waals surface area contributed by atoms with E-state index in [2.05, 4.69) is 43.5 Å². The second-order valence-electron chi connectivity index (χ2n) is 6.40. The molecule has 0 aliphatic heterocycles. The number of nitrogens with zero attached hydrogens (tertiary/aromatic N) is 2. The molecule has 1 aromatic heterocycles. The van der Waals surface area contributed by atoms with Crippen LogP contribution in [0.3, 0.4) is 0 Å². The van der Waals surface area contributed by atoms with Gasteiger partial charge in [0.1, 0.15) is 5.82 Å². The van der Waals surface area contributed by atoms with Crippen LogP contribution < -0.4 is 0 Å². The normalized spacial score (nSPS) is 12.2. The molecule has 0 spiro atoms. The quantitative estimate of drug-likeness (QED) is 0.717. The monoisotopic (exact) mass is 308 g/mol. The average molecular weight is 309 g/mol. The van der Waals surface area contributed by atoms with Gasteiger partial charge in [0.2, 0.25) is 0 Å². The lowest BCUT2D eigenvalue weighted by Gasteiger charge is -2.26. The number of ether oxygens (including phenoxy) is 1. The Kier molecular flexibility index (Phi) is 5.28. The molecule has 4 heteroatoms. The zero-order valence-corrected chi connectivity index (χ0v) is 14.2. The number of para-hydroxylation sites is 1. The van der Waals surface area contributed by atoms with Crippen LogP contribution in [0.4, 0.5) is 0 Å². The Morgan fingerprint density at radius 1 is 1.33 bits per heavy atom. The van der Waals surface area contributed by atoms with Gasteiger partial charge in [0.05, 0.1) is 11.0 Å². The predicted octanol–water partition coefficient (Wildman–Crippen LogP) is 4.19. The number of aromatic nitrogens is 2. The summed E-state index contributed by atoms with van der Waals surface area (Å²) < 4.78 is 7.59. The minimum atomic E-state index is 0.160. The fourth-order valence-corrected chi connectivity index (χ4v) is 2.91. The van der Waals surface area contributed by atoms with Crippen molar-refractivity contribution in [1.29, 1.82) is 0 Å². The van der Waals surface area contributed by atoms with Crippen LogP contribution in [0.25, 0.3) is 11.0 Å². The van der Waals surface area contributed by atoms with Crippen molar-refractivity contribution >= 4 is 22.6 Å². The van der Waals surface area contributed by atoms with Gasteiger partial charge >= 0.3 is 0 Å². The van der Waals surface area contributed by atoms with E-state index in [1.807, 2.05) is 0 Å². The number of hydrogen-bond acceptors (Lipinski definition) is 2. The molecule has 2 rings (SSSR count). The van der Waals surface area contributed by atoms with E-state index < -0.39 is 0 Å². The first-order valence-corrected chi connectivity index (χ1v) is 8.01.